The summed E-state index contributed by atoms with van der Waals surface area (Å²) in [5.41, 5.74) is 2.98. The van der Waals surface area contributed by atoms with Crippen molar-refractivity contribution in [1.29, 1.82) is 0 Å². The summed E-state index contributed by atoms with van der Waals surface area (Å²) in [4.78, 5) is 2.46. The summed E-state index contributed by atoms with van der Waals surface area (Å²) in [7, 11) is 14.1. The van der Waals surface area contributed by atoms with Crippen LogP contribution in [0.1, 0.15) is 62.3 Å². The molecule has 3 aliphatic rings. The predicted molar refractivity (Wildman–Crippen MR) is 377 cm³/mol. The van der Waals surface area contributed by atoms with Crippen molar-refractivity contribution in [1.82, 2.24) is 4.90 Å². The number of nitrogens with zero attached hydrogens (tertiary/aromatic N) is 1. The molecule has 7 nitrogen and oxygen atoms in total. The fraction of sp³-hybridized carbons (Fsp3) is 0.194. The summed E-state index contributed by atoms with van der Waals surface area (Å²) in [5.74, 6) is 5.68. The lowest BCUT2D eigenvalue weighted by molar-refractivity contribution is 0.00578. The summed E-state index contributed by atoms with van der Waals surface area (Å²) in [5, 5.41) is 11.1. The highest BCUT2D eigenvalue weighted by Crippen LogP contribution is 2.42. The monoisotopic (exact) mass is 1300 g/mol. The van der Waals surface area contributed by atoms with Crippen LogP contribution in [0.4, 0.5) is 0 Å². The zero-order valence-corrected chi connectivity index (χ0v) is 56.2. The molecule has 0 spiro atoms. The van der Waals surface area contributed by atoms with Crippen LogP contribution in [0.3, 0.4) is 0 Å². The molecular formula is C72H66AlB2Cl6NO6. The number of fused-ring (bicyclic) bond motifs is 10. The molecule has 14 rings (SSSR count). The third-order valence-corrected chi connectivity index (χ3v) is 16.8. The summed E-state index contributed by atoms with van der Waals surface area (Å²) >= 11 is 16.9. The van der Waals surface area contributed by atoms with Gasteiger partial charge >= 0.3 is 18.5 Å². The first-order chi connectivity index (χ1) is 42.2. The van der Waals surface area contributed by atoms with E-state index >= 15 is 0 Å². The van der Waals surface area contributed by atoms with Gasteiger partial charge in [-0.3, -0.25) is 4.90 Å². The lowest BCUT2D eigenvalue weighted by atomic mass is 9.34. The lowest BCUT2D eigenvalue weighted by Crippen LogP contribution is -2.57. The number of hydrogen-bond donors (Lipinski definition) is 0. The van der Waals surface area contributed by atoms with Crippen molar-refractivity contribution in [3.8, 4) is 46.0 Å². The summed E-state index contributed by atoms with van der Waals surface area (Å²) in [6.45, 7) is 20.4. The van der Waals surface area contributed by atoms with E-state index < -0.39 is 29.7 Å². The fourth-order valence-electron chi connectivity index (χ4n) is 11.4. The van der Waals surface area contributed by atoms with E-state index in [0.29, 0.717) is 50.6 Å². The Kier molecular flexibility index (Phi) is 21.0. The molecular weight excluding hydrogens is 1240 g/mol. The standard InChI is InChI=1S/C32H28BClO4.C26H14BClO2.C8H19N.C6H5Cl.Al.3ClH/c1-31(2)32(3,4)38-33(37-31)30-28(35-26-15-13-21-9-5-7-11-23(21)17-26)19-25(34)20-29(30)36-27-16-14-22-10-6-8-12-24(22)18-27;28-17-13-22-26-23(14-17)30-21-12-10-16-6-2-4-8-19(16)25(21)27(26)24-18-7-3-1-5-15(18)9-11-20(24)29-22;1-6-9(7(2)3)8(4)5;7-6-4-2-1-3-5-6;;;;/h5-20H,1-4H3;1-14H;7-8H,6H2,1-5H3;1-5H;;3*1H/q;;;;+3;;;/p-3. The molecule has 0 unspecified atom stereocenters. The van der Waals surface area contributed by atoms with Crippen LogP contribution in [0, 0.1) is 0 Å². The van der Waals surface area contributed by atoms with Gasteiger partial charge in [-0.1, -0.05) is 181 Å². The maximum absolute atomic E-state index is 6.62. The van der Waals surface area contributed by atoms with Gasteiger partial charge in [-0.25, -0.2) is 30.1 Å². The van der Waals surface area contributed by atoms with Gasteiger partial charge in [0.25, 0.3) is 6.71 Å². The van der Waals surface area contributed by atoms with E-state index in [1.54, 1.807) is 12.1 Å². The van der Waals surface area contributed by atoms with E-state index in [1.165, 1.54) is 32.5 Å². The average molecular weight is 1300 g/mol. The number of rotatable bonds is 8. The highest BCUT2D eigenvalue weighted by molar-refractivity contribution is 7.54. The maximum Gasteiger partial charge on any atom is 0.643 e. The van der Waals surface area contributed by atoms with Crippen molar-refractivity contribution in [3.05, 3.63) is 227 Å². The molecule has 11 aromatic carbocycles. The Morgan fingerprint density at radius 1 is 0.420 bits per heavy atom. The molecule has 446 valence electrons. The van der Waals surface area contributed by atoms with Gasteiger partial charge in [-0.05, 0) is 189 Å². The smallest absolute Gasteiger partial charge is 0.458 e. The van der Waals surface area contributed by atoms with Gasteiger partial charge in [0.15, 0.2) is 0 Å². The molecule has 0 aliphatic carbocycles. The zero-order chi connectivity index (χ0) is 62.4. The van der Waals surface area contributed by atoms with Gasteiger partial charge in [0.2, 0.25) is 0 Å². The fourth-order valence-corrected chi connectivity index (χ4v) is 11.9. The van der Waals surface area contributed by atoms with Crippen molar-refractivity contribution >= 4 is 155 Å². The number of hydrogen-bond acceptors (Lipinski definition) is 7. The Morgan fingerprint density at radius 3 is 1.18 bits per heavy atom. The molecule has 0 N–H and O–H groups in total. The largest absolute Gasteiger partial charge is 0.643 e. The maximum atomic E-state index is 6.62. The van der Waals surface area contributed by atoms with Gasteiger partial charge in [0, 0.05) is 32.6 Å². The van der Waals surface area contributed by atoms with E-state index in [4.69, 9.17) is 93.2 Å². The van der Waals surface area contributed by atoms with Crippen molar-refractivity contribution in [3.63, 3.8) is 0 Å². The Labute approximate surface area is 549 Å². The van der Waals surface area contributed by atoms with Crippen LogP contribution in [0.15, 0.2) is 212 Å². The lowest BCUT2D eigenvalue weighted by Gasteiger charge is -2.34. The molecule has 0 radical (unpaired) electrons. The molecule has 0 bridgehead atoms. The van der Waals surface area contributed by atoms with E-state index in [-0.39, 0.29) is 6.71 Å². The molecule has 0 amide bonds. The number of ether oxygens (including phenoxy) is 4. The molecule has 0 atom stereocenters. The molecule has 0 aromatic heterocycles. The molecule has 1 fully saturated rings. The first-order valence-corrected chi connectivity index (χ1v) is 35.7. The molecule has 3 aliphatic heterocycles. The van der Waals surface area contributed by atoms with Crippen molar-refractivity contribution in [2.75, 3.05) is 6.54 Å². The van der Waals surface area contributed by atoms with E-state index in [2.05, 4.69) is 137 Å². The molecule has 1 saturated heterocycles. The molecule has 11 aromatic rings. The molecule has 16 heteroatoms. The van der Waals surface area contributed by atoms with Crippen LogP contribution in [0.5, 0.6) is 46.0 Å². The van der Waals surface area contributed by atoms with E-state index in [0.717, 1.165) is 61.6 Å². The van der Waals surface area contributed by atoms with Crippen LogP contribution < -0.4 is 40.8 Å². The van der Waals surface area contributed by atoms with E-state index in [9.17, 15) is 0 Å². The topological polar surface area (TPSA) is 58.6 Å². The minimum absolute atomic E-state index is 0.0111. The first-order valence-electron chi connectivity index (χ1n) is 29.3. The molecule has 88 heavy (non-hydrogen) atoms. The minimum atomic E-state index is -1.72. The predicted octanol–water partition coefficient (Wildman–Crippen LogP) is 20.1. The molecule has 0 saturated carbocycles. The second-order valence-electron chi connectivity index (χ2n) is 23.0. The van der Waals surface area contributed by atoms with Gasteiger partial charge < -0.3 is 28.3 Å². The van der Waals surface area contributed by atoms with Crippen LogP contribution in [0.2, 0.25) is 15.1 Å². The summed E-state index contributed by atoms with van der Waals surface area (Å²) in [6.07, 6.45) is 0. The van der Waals surface area contributed by atoms with Gasteiger partial charge in [-0.15, -0.1) is 0 Å². The highest BCUT2D eigenvalue weighted by atomic mass is 35.8. The van der Waals surface area contributed by atoms with Crippen molar-refractivity contribution in [2.24, 2.45) is 0 Å². The van der Waals surface area contributed by atoms with Crippen LogP contribution in [0.25, 0.3) is 43.1 Å². The summed E-state index contributed by atoms with van der Waals surface area (Å²) < 4.78 is 38.6. The first kappa shape index (κ1) is 64.9. The van der Waals surface area contributed by atoms with Gasteiger partial charge in [0.1, 0.15) is 46.0 Å². The van der Waals surface area contributed by atoms with E-state index in [1.807, 2.05) is 131 Å². The number of halogens is 6. The minimum Gasteiger partial charge on any atom is -0.458 e. The Balaban J connectivity index is 0.000000150. The zero-order valence-electron chi connectivity index (χ0n) is 50.5. The summed E-state index contributed by atoms with van der Waals surface area (Å²) in [6, 6.07) is 71.8. The second kappa shape index (κ2) is 28.4. The van der Waals surface area contributed by atoms with Crippen LogP contribution in [-0.2, 0) is 9.31 Å². The quantitative estimate of drug-likeness (QED) is 0.141. The van der Waals surface area contributed by atoms with Crippen LogP contribution in [-0.4, -0.2) is 59.9 Å². The van der Waals surface area contributed by atoms with Crippen molar-refractivity contribution < 1.29 is 28.3 Å². The van der Waals surface area contributed by atoms with Crippen molar-refractivity contribution in [2.45, 2.75) is 85.6 Å². The van der Waals surface area contributed by atoms with Crippen LogP contribution >= 0.6 is 65.0 Å². The normalized spacial score (nSPS) is 13.8. The Bertz CT molecular complexity index is 4030. The average Bonchev–Trinajstić information content (AvgIpc) is 0.852. The third-order valence-electron chi connectivity index (χ3n) is 16.1. The van der Waals surface area contributed by atoms with Gasteiger partial charge in [-0.2, -0.15) is 0 Å². The highest BCUT2D eigenvalue weighted by Gasteiger charge is 2.54. The SMILES string of the molecule is CC1(C)OB(c2c(Oc3ccc4ccccc4c3)cc(Cl)cc2Oc2ccc3ccccc3c2)OC1(C)C.CCN(C(C)C)C(C)C.Clc1cc2c3c(c1)Oc1ccc4ccccc4c1B3c1c(ccc3ccccc13)O2.Clc1ccccc1.[Cl][Al]([Cl])[Cl]. The molecule has 3 heterocycles. The number of benzene rings is 11. The third kappa shape index (κ3) is 14.9. The Morgan fingerprint density at radius 2 is 0.795 bits per heavy atom. The second-order valence-corrected chi connectivity index (χ2v) is 30.8. The van der Waals surface area contributed by atoms with Gasteiger partial charge in [0.05, 0.1) is 16.7 Å². The Hall–Kier alpha value is -6.06.